The zero-order valence-electron chi connectivity index (χ0n) is 18.9. The van der Waals surface area contributed by atoms with Crippen LogP contribution in [0.2, 0.25) is 0 Å². The van der Waals surface area contributed by atoms with E-state index in [4.69, 9.17) is 4.42 Å². The lowest BCUT2D eigenvalue weighted by Crippen LogP contribution is -2.54. The monoisotopic (exact) mass is 449 g/mol. The Balaban J connectivity index is 1.64. The number of nitrogens with one attached hydrogen (secondary N) is 1. The Morgan fingerprint density at radius 2 is 1.94 bits per heavy atom. The van der Waals surface area contributed by atoms with Crippen LogP contribution in [-0.4, -0.2) is 41.3 Å². The van der Waals surface area contributed by atoms with Crippen LogP contribution in [0.4, 0.5) is 4.39 Å². The van der Waals surface area contributed by atoms with Crippen molar-refractivity contribution in [2.45, 2.75) is 33.1 Å². The third-order valence-electron chi connectivity index (χ3n) is 6.25. The molecule has 6 nitrogen and oxygen atoms in total. The molecule has 1 N–H and O–H groups in total. The van der Waals surface area contributed by atoms with Crippen molar-refractivity contribution < 1.29 is 18.4 Å². The maximum atomic E-state index is 13.7. The van der Waals surface area contributed by atoms with E-state index in [-0.39, 0.29) is 23.4 Å². The van der Waals surface area contributed by atoms with Crippen LogP contribution in [-0.2, 0) is 11.2 Å². The number of amides is 2. The fraction of sp³-hybridized carbons (Fsp3) is 0.346. The first-order chi connectivity index (χ1) is 15.9. The van der Waals surface area contributed by atoms with Gasteiger partial charge in [-0.05, 0) is 61.9 Å². The first-order valence-corrected chi connectivity index (χ1v) is 11.2. The highest BCUT2D eigenvalue weighted by Gasteiger charge is 2.44. The summed E-state index contributed by atoms with van der Waals surface area (Å²) in [6.45, 7) is 4.99. The van der Waals surface area contributed by atoms with Crippen molar-refractivity contribution in [1.29, 1.82) is 0 Å². The van der Waals surface area contributed by atoms with Crippen molar-refractivity contribution in [3.05, 3.63) is 77.8 Å². The van der Waals surface area contributed by atoms with E-state index in [9.17, 15) is 14.0 Å². The van der Waals surface area contributed by atoms with Crippen molar-refractivity contribution in [3.63, 3.8) is 0 Å². The highest BCUT2D eigenvalue weighted by molar-refractivity contribution is 5.93. The number of halogens is 1. The number of piperidine rings is 1. The van der Waals surface area contributed by atoms with Gasteiger partial charge in [-0.1, -0.05) is 36.4 Å². The zero-order chi connectivity index (χ0) is 23.4. The highest BCUT2D eigenvalue weighted by atomic mass is 19.1. The van der Waals surface area contributed by atoms with Gasteiger partial charge in [0, 0.05) is 19.6 Å². The third kappa shape index (κ3) is 4.82. The Morgan fingerprint density at radius 3 is 2.64 bits per heavy atom. The summed E-state index contributed by atoms with van der Waals surface area (Å²) >= 11 is 0. The van der Waals surface area contributed by atoms with E-state index in [1.54, 1.807) is 17.9 Å². The highest BCUT2D eigenvalue weighted by Crippen LogP contribution is 2.36. The normalized spacial score (nSPS) is 18.2. The molecule has 3 aromatic rings. The van der Waals surface area contributed by atoms with Crippen molar-refractivity contribution in [2.75, 3.05) is 19.6 Å². The maximum Gasteiger partial charge on any atom is 0.291 e. The van der Waals surface area contributed by atoms with Gasteiger partial charge in [0.05, 0.1) is 11.1 Å². The number of oxazole rings is 1. The minimum Gasteiger partial charge on any atom is -0.438 e. The minimum absolute atomic E-state index is 0.0621. The Hall–Kier alpha value is -3.48. The summed E-state index contributed by atoms with van der Waals surface area (Å²) in [5.41, 5.74) is 2.41. The second-order valence-electron chi connectivity index (χ2n) is 8.62. The van der Waals surface area contributed by atoms with E-state index in [1.165, 1.54) is 18.5 Å². The number of hydrogen-bond donors (Lipinski definition) is 1. The first-order valence-electron chi connectivity index (χ1n) is 11.2. The topological polar surface area (TPSA) is 75.4 Å². The van der Waals surface area contributed by atoms with E-state index < -0.39 is 5.41 Å². The predicted octanol–water partition coefficient (Wildman–Crippen LogP) is 4.39. The Kier molecular flexibility index (Phi) is 6.58. The van der Waals surface area contributed by atoms with Crippen LogP contribution in [0.25, 0.3) is 11.1 Å². The number of likely N-dealkylation sites (tertiary alicyclic amines) is 1. The zero-order valence-corrected chi connectivity index (χ0v) is 18.9. The number of aromatic nitrogens is 1. The number of carbonyl (C=O) groups excluding carboxylic acids is 2. The molecule has 1 saturated heterocycles. The molecule has 1 aliphatic heterocycles. The molecule has 1 aromatic heterocycles. The molecular weight excluding hydrogens is 421 g/mol. The van der Waals surface area contributed by atoms with Gasteiger partial charge < -0.3 is 14.6 Å². The molecule has 1 aliphatic rings. The van der Waals surface area contributed by atoms with Gasteiger partial charge in [-0.25, -0.2) is 9.37 Å². The molecule has 1 fully saturated rings. The smallest absolute Gasteiger partial charge is 0.291 e. The minimum atomic E-state index is -0.765. The van der Waals surface area contributed by atoms with Crippen LogP contribution in [0.1, 0.15) is 41.6 Å². The molecule has 0 spiro atoms. The van der Waals surface area contributed by atoms with Crippen molar-refractivity contribution in [3.8, 4) is 11.1 Å². The van der Waals surface area contributed by atoms with E-state index in [0.717, 1.165) is 16.7 Å². The summed E-state index contributed by atoms with van der Waals surface area (Å²) in [7, 11) is 0. The van der Waals surface area contributed by atoms with Crippen molar-refractivity contribution in [2.24, 2.45) is 5.41 Å². The van der Waals surface area contributed by atoms with Gasteiger partial charge in [-0.3, -0.25) is 9.59 Å². The number of hydrogen-bond acceptors (Lipinski definition) is 4. The number of aryl methyl sites for hydroxylation is 1. The van der Waals surface area contributed by atoms with Crippen LogP contribution < -0.4 is 5.32 Å². The van der Waals surface area contributed by atoms with Gasteiger partial charge in [0.2, 0.25) is 11.7 Å². The van der Waals surface area contributed by atoms with Crippen LogP contribution in [0.15, 0.2) is 59.3 Å². The Labute approximate surface area is 192 Å². The SMILES string of the molecule is CCNC(=O)C1(Cc2cccc(-c3cccc(F)c3)c2)CCCN(C(=O)c2ocnc2C)C1. The number of rotatable bonds is 6. The standard InChI is InChI=1S/C26H28FN3O3/c1-3-28-25(32)26(11-6-12-30(16-26)24(31)23-18(2)29-17-33-23)15-19-7-4-8-20(13-19)21-9-5-10-22(27)14-21/h4-5,7-10,13-14,17H,3,6,11-12,15-16H2,1-2H3,(H,28,32). The van der Waals surface area contributed by atoms with E-state index >= 15 is 0 Å². The molecule has 33 heavy (non-hydrogen) atoms. The number of benzene rings is 2. The van der Waals surface area contributed by atoms with E-state index in [2.05, 4.69) is 10.3 Å². The van der Waals surface area contributed by atoms with Gasteiger partial charge >= 0.3 is 0 Å². The van der Waals surface area contributed by atoms with Crippen LogP contribution in [0, 0.1) is 18.2 Å². The average molecular weight is 450 g/mol. The van der Waals surface area contributed by atoms with Gasteiger partial charge in [-0.15, -0.1) is 0 Å². The summed E-state index contributed by atoms with van der Waals surface area (Å²) in [6, 6.07) is 14.3. The molecule has 0 bridgehead atoms. The molecule has 7 heteroatoms. The van der Waals surface area contributed by atoms with Gasteiger partial charge in [0.15, 0.2) is 6.39 Å². The fourth-order valence-corrected chi connectivity index (χ4v) is 4.63. The molecule has 2 aromatic carbocycles. The first kappa shape index (κ1) is 22.7. The lowest BCUT2D eigenvalue weighted by atomic mass is 9.74. The second kappa shape index (κ2) is 9.57. The third-order valence-corrected chi connectivity index (χ3v) is 6.25. The maximum absolute atomic E-state index is 13.7. The Bertz CT molecular complexity index is 1160. The van der Waals surface area contributed by atoms with Gasteiger partial charge in [-0.2, -0.15) is 0 Å². The molecule has 172 valence electrons. The molecule has 0 saturated carbocycles. The molecule has 2 heterocycles. The van der Waals surface area contributed by atoms with Crippen molar-refractivity contribution in [1.82, 2.24) is 15.2 Å². The molecule has 4 rings (SSSR count). The molecule has 1 atom stereocenters. The lowest BCUT2D eigenvalue weighted by molar-refractivity contribution is -0.133. The summed E-state index contributed by atoms with van der Waals surface area (Å²) < 4.78 is 19.1. The van der Waals surface area contributed by atoms with Crippen LogP contribution in [0.5, 0.6) is 0 Å². The second-order valence-corrected chi connectivity index (χ2v) is 8.62. The predicted molar refractivity (Wildman–Crippen MR) is 123 cm³/mol. The molecular formula is C26H28FN3O3. The summed E-state index contributed by atoms with van der Waals surface area (Å²) in [6.07, 6.45) is 3.12. The Morgan fingerprint density at radius 1 is 1.18 bits per heavy atom. The van der Waals surface area contributed by atoms with Crippen molar-refractivity contribution >= 4 is 11.8 Å². The lowest BCUT2D eigenvalue weighted by Gasteiger charge is -2.41. The summed E-state index contributed by atoms with van der Waals surface area (Å²) in [5.74, 6) is -0.379. The largest absolute Gasteiger partial charge is 0.438 e. The number of carbonyl (C=O) groups is 2. The van der Waals surface area contributed by atoms with Gasteiger partial charge in [0.25, 0.3) is 5.91 Å². The summed E-state index contributed by atoms with van der Waals surface area (Å²) in [5, 5.41) is 2.97. The molecule has 2 amide bonds. The molecule has 0 aliphatic carbocycles. The average Bonchev–Trinajstić information content (AvgIpc) is 3.25. The van der Waals surface area contributed by atoms with E-state index in [1.807, 2.05) is 37.3 Å². The summed E-state index contributed by atoms with van der Waals surface area (Å²) in [4.78, 5) is 32.1. The quantitative estimate of drug-likeness (QED) is 0.606. The molecule has 0 radical (unpaired) electrons. The number of nitrogens with zero attached hydrogens (tertiary/aromatic N) is 2. The van der Waals surface area contributed by atoms with E-state index in [0.29, 0.717) is 44.6 Å². The molecule has 1 unspecified atom stereocenters. The van der Waals surface area contributed by atoms with Crippen LogP contribution in [0.3, 0.4) is 0 Å². The van der Waals surface area contributed by atoms with Crippen LogP contribution >= 0.6 is 0 Å². The fourth-order valence-electron chi connectivity index (χ4n) is 4.63. The van der Waals surface area contributed by atoms with Gasteiger partial charge in [0.1, 0.15) is 5.82 Å².